The number of thiocarbonyl (C=S) groups is 1. The van der Waals surface area contributed by atoms with E-state index in [0.717, 1.165) is 12.1 Å². The van der Waals surface area contributed by atoms with Gasteiger partial charge in [-0.15, -0.1) is 0 Å². The number of nitrogens with zero attached hydrogens (tertiary/aromatic N) is 1. The second-order valence-electron chi connectivity index (χ2n) is 3.87. The second kappa shape index (κ2) is 5.46. The Bertz CT molecular complexity index is 609. The fourth-order valence-corrected chi connectivity index (χ4v) is 1.56. The van der Waals surface area contributed by atoms with Crippen LogP contribution < -0.4 is 10.5 Å². The minimum absolute atomic E-state index is 0.158. The van der Waals surface area contributed by atoms with Crippen molar-refractivity contribution in [3.8, 4) is 11.5 Å². The first-order valence-corrected chi connectivity index (χ1v) is 5.88. The Balaban J connectivity index is 2.12. The molecule has 0 aliphatic carbocycles. The molecule has 3 nitrogen and oxygen atoms in total. The lowest BCUT2D eigenvalue weighted by atomic mass is 10.2. The van der Waals surface area contributed by atoms with Crippen LogP contribution in [0.25, 0.3) is 0 Å². The average Bonchev–Trinajstić information content (AvgIpc) is 2.39. The van der Waals surface area contributed by atoms with Crippen LogP contribution in [0.5, 0.6) is 11.5 Å². The largest absolute Gasteiger partial charge is 0.456 e. The molecule has 104 valence electrons. The summed E-state index contributed by atoms with van der Waals surface area (Å²) in [6, 6.07) is 7.54. The van der Waals surface area contributed by atoms with Crippen molar-refractivity contribution < 1.29 is 17.9 Å². The molecule has 1 aromatic heterocycles. The highest BCUT2D eigenvalue weighted by Crippen LogP contribution is 2.31. The molecule has 0 aliphatic heterocycles. The Hall–Kier alpha value is -2.15. The fourth-order valence-electron chi connectivity index (χ4n) is 1.43. The van der Waals surface area contributed by atoms with E-state index in [-0.39, 0.29) is 10.7 Å². The number of hydrogen-bond acceptors (Lipinski definition) is 3. The maximum Gasteiger partial charge on any atom is 0.416 e. The zero-order chi connectivity index (χ0) is 14.8. The van der Waals surface area contributed by atoms with E-state index < -0.39 is 11.7 Å². The van der Waals surface area contributed by atoms with E-state index in [9.17, 15) is 13.2 Å². The summed E-state index contributed by atoms with van der Waals surface area (Å²) in [5.41, 5.74) is 5.11. The van der Waals surface area contributed by atoms with Crippen LogP contribution in [-0.4, -0.2) is 9.97 Å². The van der Waals surface area contributed by atoms with E-state index in [2.05, 4.69) is 4.98 Å². The molecule has 0 bridgehead atoms. The van der Waals surface area contributed by atoms with Gasteiger partial charge in [-0.25, -0.2) is 4.98 Å². The minimum atomic E-state index is -4.36. The first kappa shape index (κ1) is 14.3. The molecule has 0 amide bonds. The lowest BCUT2D eigenvalue weighted by Gasteiger charge is -2.09. The van der Waals surface area contributed by atoms with Gasteiger partial charge in [-0.2, -0.15) is 13.2 Å². The maximum atomic E-state index is 12.4. The normalized spacial score (nSPS) is 11.2. The van der Waals surface area contributed by atoms with Gasteiger partial charge in [-0.1, -0.05) is 12.2 Å². The summed E-state index contributed by atoms with van der Waals surface area (Å²) in [5, 5.41) is 0. The third kappa shape index (κ3) is 3.45. The van der Waals surface area contributed by atoms with Gasteiger partial charge in [-0.3, -0.25) is 0 Å². The number of alkyl halides is 3. The summed E-state index contributed by atoms with van der Waals surface area (Å²) < 4.78 is 42.5. The maximum absolute atomic E-state index is 12.4. The summed E-state index contributed by atoms with van der Waals surface area (Å²) in [6.45, 7) is 0. The number of benzene rings is 1. The molecule has 20 heavy (non-hydrogen) atoms. The lowest BCUT2D eigenvalue weighted by molar-refractivity contribution is -0.137. The van der Waals surface area contributed by atoms with Crippen LogP contribution in [0.4, 0.5) is 13.2 Å². The highest BCUT2D eigenvalue weighted by atomic mass is 32.1. The molecule has 0 saturated carbocycles. The molecule has 1 aromatic carbocycles. The van der Waals surface area contributed by atoms with Crippen molar-refractivity contribution in [2.45, 2.75) is 6.18 Å². The molecule has 0 aliphatic rings. The molecule has 0 saturated heterocycles. The van der Waals surface area contributed by atoms with Gasteiger partial charge in [0.2, 0.25) is 0 Å². The molecule has 2 N–H and O–H groups in total. The van der Waals surface area contributed by atoms with Gasteiger partial charge in [0.25, 0.3) is 0 Å². The Labute approximate surface area is 118 Å². The summed E-state index contributed by atoms with van der Waals surface area (Å²) in [4.78, 5) is 4.12. The molecule has 7 heteroatoms. The molecule has 2 aromatic rings. The average molecular weight is 298 g/mol. The van der Waals surface area contributed by atoms with Crippen molar-refractivity contribution in [2.24, 2.45) is 5.73 Å². The van der Waals surface area contributed by atoms with Crippen molar-refractivity contribution in [3.63, 3.8) is 0 Å². The predicted octanol–water partition coefficient (Wildman–Crippen LogP) is 3.53. The van der Waals surface area contributed by atoms with Crippen molar-refractivity contribution in [1.82, 2.24) is 4.98 Å². The molecule has 2 rings (SSSR count). The highest BCUT2D eigenvalue weighted by molar-refractivity contribution is 7.80. The van der Waals surface area contributed by atoms with Crippen LogP contribution >= 0.6 is 12.2 Å². The summed E-state index contributed by atoms with van der Waals surface area (Å²) in [7, 11) is 0. The number of ether oxygens (including phenoxy) is 1. The SMILES string of the molecule is NC(=S)c1ccc(Oc2ccc(C(F)(F)F)cc2)cn1. The summed E-state index contributed by atoms with van der Waals surface area (Å²) >= 11 is 4.75. The van der Waals surface area contributed by atoms with Gasteiger partial charge in [0.1, 0.15) is 16.5 Å². The standard InChI is InChI=1S/C13H9F3N2OS/c14-13(15,16)8-1-3-9(4-2-8)19-10-5-6-11(12(17)20)18-7-10/h1-7H,(H2,17,20). The van der Waals surface area contributed by atoms with Gasteiger partial charge in [0.15, 0.2) is 0 Å². The van der Waals surface area contributed by atoms with Crippen LogP contribution in [0.3, 0.4) is 0 Å². The van der Waals surface area contributed by atoms with E-state index in [1.165, 1.54) is 18.3 Å². The molecule has 0 fully saturated rings. The Morgan fingerprint density at radius 2 is 1.65 bits per heavy atom. The zero-order valence-electron chi connectivity index (χ0n) is 10.0. The molecule has 1 heterocycles. The molecular formula is C13H9F3N2OS. The van der Waals surface area contributed by atoms with Crippen molar-refractivity contribution in [2.75, 3.05) is 0 Å². The highest BCUT2D eigenvalue weighted by Gasteiger charge is 2.30. The van der Waals surface area contributed by atoms with E-state index in [4.69, 9.17) is 22.7 Å². The molecule has 0 radical (unpaired) electrons. The molecule has 0 unspecified atom stereocenters. The van der Waals surface area contributed by atoms with Gasteiger partial charge in [0, 0.05) is 0 Å². The van der Waals surface area contributed by atoms with Crippen LogP contribution in [0, 0.1) is 0 Å². The van der Waals surface area contributed by atoms with Crippen LogP contribution in [0.2, 0.25) is 0 Å². The lowest BCUT2D eigenvalue weighted by Crippen LogP contribution is -2.10. The molecular weight excluding hydrogens is 289 g/mol. The smallest absolute Gasteiger partial charge is 0.416 e. The molecule has 0 spiro atoms. The molecule has 0 atom stereocenters. The Kier molecular flexibility index (Phi) is 3.89. The quantitative estimate of drug-likeness (QED) is 0.881. The second-order valence-corrected chi connectivity index (χ2v) is 4.31. The van der Waals surface area contributed by atoms with Crippen LogP contribution in [-0.2, 0) is 6.18 Å². The van der Waals surface area contributed by atoms with Gasteiger partial charge in [0.05, 0.1) is 17.5 Å². The Morgan fingerprint density at radius 1 is 1.05 bits per heavy atom. The van der Waals surface area contributed by atoms with Crippen LogP contribution in [0.1, 0.15) is 11.3 Å². The number of nitrogens with two attached hydrogens (primary N) is 1. The van der Waals surface area contributed by atoms with E-state index in [1.807, 2.05) is 0 Å². The number of aromatic nitrogens is 1. The zero-order valence-corrected chi connectivity index (χ0v) is 10.8. The van der Waals surface area contributed by atoms with Crippen LogP contribution in [0.15, 0.2) is 42.6 Å². The topological polar surface area (TPSA) is 48.1 Å². The van der Waals surface area contributed by atoms with Crippen molar-refractivity contribution in [1.29, 1.82) is 0 Å². The van der Waals surface area contributed by atoms with Gasteiger partial charge < -0.3 is 10.5 Å². The monoisotopic (exact) mass is 298 g/mol. The summed E-state index contributed by atoms with van der Waals surface area (Å²) in [5.74, 6) is 0.660. The van der Waals surface area contributed by atoms with E-state index >= 15 is 0 Å². The van der Waals surface area contributed by atoms with Crippen molar-refractivity contribution in [3.05, 3.63) is 53.9 Å². The predicted molar refractivity (Wildman–Crippen MR) is 71.6 cm³/mol. The van der Waals surface area contributed by atoms with Crippen molar-refractivity contribution >= 4 is 17.2 Å². The number of pyridine rings is 1. The number of rotatable bonds is 3. The Morgan fingerprint density at radius 3 is 2.10 bits per heavy atom. The minimum Gasteiger partial charge on any atom is -0.456 e. The third-order valence-electron chi connectivity index (χ3n) is 2.41. The first-order chi connectivity index (χ1) is 9.36. The number of hydrogen-bond donors (Lipinski definition) is 1. The van der Waals surface area contributed by atoms with Gasteiger partial charge >= 0.3 is 6.18 Å². The fraction of sp³-hybridized carbons (Fsp3) is 0.0769. The van der Waals surface area contributed by atoms with E-state index in [1.54, 1.807) is 12.1 Å². The van der Waals surface area contributed by atoms with Gasteiger partial charge in [-0.05, 0) is 36.4 Å². The number of halogens is 3. The van der Waals surface area contributed by atoms with E-state index in [0.29, 0.717) is 11.4 Å². The summed E-state index contributed by atoms with van der Waals surface area (Å²) in [6.07, 6.45) is -2.97. The third-order valence-corrected chi connectivity index (χ3v) is 2.62. The first-order valence-electron chi connectivity index (χ1n) is 5.47.